The van der Waals surface area contributed by atoms with Crippen LogP contribution in [0.1, 0.15) is 31.0 Å². The Morgan fingerprint density at radius 2 is 1.90 bits per heavy atom. The van der Waals surface area contributed by atoms with Crippen LogP contribution in [0, 0.1) is 0 Å². The normalized spacial score (nSPS) is 11.6. The summed E-state index contributed by atoms with van der Waals surface area (Å²) in [5.41, 5.74) is 1.52. The maximum Gasteiger partial charge on any atom is 0.417 e. The van der Waals surface area contributed by atoms with Gasteiger partial charge in [-0.1, -0.05) is 13.3 Å². The van der Waals surface area contributed by atoms with Crippen molar-refractivity contribution in [3.63, 3.8) is 0 Å². The molecule has 20 heavy (non-hydrogen) atoms. The van der Waals surface area contributed by atoms with E-state index in [1.54, 1.807) is 12.3 Å². The summed E-state index contributed by atoms with van der Waals surface area (Å²) in [5, 5.41) is 0. The Hall–Kier alpha value is -1.91. The number of aryl methyl sites for hydroxylation is 1. The fourth-order valence-corrected chi connectivity index (χ4v) is 1.86. The molecule has 0 saturated carbocycles. The standard InChI is InChI=1S/C15H15F3N2/c1-2-3-4-13-9-11(7-8-19-13)14-6-5-12(10-20-14)15(16,17)18/h5-10H,2-4H2,1H3. The van der Waals surface area contributed by atoms with E-state index in [1.165, 1.54) is 6.07 Å². The number of hydrogen-bond acceptors (Lipinski definition) is 2. The van der Waals surface area contributed by atoms with E-state index in [9.17, 15) is 13.2 Å². The van der Waals surface area contributed by atoms with E-state index in [0.29, 0.717) is 5.69 Å². The van der Waals surface area contributed by atoms with Crippen LogP contribution in [0.25, 0.3) is 11.3 Å². The van der Waals surface area contributed by atoms with Gasteiger partial charge in [-0.3, -0.25) is 9.97 Å². The molecule has 0 atom stereocenters. The highest BCUT2D eigenvalue weighted by molar-refractivity contribution is 5.59. The fourth-order valence-electron chi connectivity index (χ4n) is 1.86. The third-order valence-electron chi connectivity index (χ3n) is 2.99. The van der Waals surface area contributed by atoms with Gasteiger partial charge in [0.15, 0.2) is 0 Å². The van der Waals surface area contributed by atoms with Gasteiger partial charge in [0, 0.05) is 23.7 Å². The number of nitrogens with zero attached hydrogens (tertiary/aromatic N) is 2. The summed E-state index contributed by atoms with van der Waals surface area (Å²) in [6.45, 7) is 2.10. The topological polar surface area (TPSA) is 25.8 Å². The van der Waals surface area contributed by atoms with E-state index in [2.05, 4.69) is 16.9 Å². The minimum atomic E-state index is -4.35. The Bertz CT molecular complexity index is 562. The van der Waals surface area contributed by atoms with Gasteiger partial charge in [-0.25, -0.2) is 0 Å². The van der Waals surface area contributed by atoms with Gasteiger partial charge in [-0.15, -0.1) is 0 Å². The number of unbranched alkanes of at least 4 members (excludes halogenated alkanes) is 1. The van der Waals surface area contributed by atoms with E-state index in [-0.39, 0.29) is 0 Å². The highest BCUT2D eigenvalue weighted by Gasteiger charge is 2.30. The lowest BCUT2D eigenvalue weighted by Gasteiger charge is -2.07. The van der Waals surface area contributed by atoms with Gasteiger partial charge >= 0.3 is 6.18 Å². The average molecular weight is 280 g/mol. The number of pyridine rings is 2. The summed E-state index contributed by atoms with van der Waals surface area (Å²) in [7, 11) is 0. The Kier molecular flexibility index (Phi) is 4.37. The lowest BCUT2D eigenvalue weighted by atomic mass is 10.1. The third kappa shape index (κ3) is 3.56. The van der Waals surface area contributed by atoms with Crippen LogP contribution in [0.15, 0.2) is 36.7 Å². The molecular weight excluding hydrogens is 265 g/mol. The Morgan fingerprint density at radius 1 is 1.10 bits per heavy atom. The van der Waals surface area contributed by atoms with Crippen LogP contribution >= 0.6 is 0 Å². The van der Waals surface area contributed by atoms with Crippen molar-refractivity contribution < 1.29 is 13.2 Å². The van der Waals surface area contributed by atoms with Crippen molar-refractivity contribution in [1.82, 2.24) is 9.97 Å². The third-order valence-corrected chi connectivity index (χ3v) is 2.99. The quantitative estimate of drug-likeness (QED) is 0.823. The van der Waals surface area contributed by atoms with Gasteiger partial charge in [0.2, 0.25) is 0 Å². The zero-order valence-corrected chi connectivity index (χ0v) is 11.1. The lowest BCUT2D eigenvalue weighted by Crippen LogP contribution is -2.05. The Labute approximate surface area is 115 Å². The molecule has 0 aliphatic heterocycles. The van der Waals surface area contributed by atoms with Crippen molar-refractivity contribution in [1.29, 1.82) is 0 Å². The predicted molar refractivity (Wildman–Crippen MR) is 71.1 cm³/mol. The molecule has 5 heteroatoms. The summed E-state index contributed by atoms with van der Waals surface area (Å²) in [6, 6.07) is 6.08. The second-order valence-corrected chi connectivity index (χ2v) is 4.57. The van der Waals surface area contributed by atoms with E-state index < -0.39 is 11.7 Å². The molecule has 2 heterocycles. The molecule has 106 valence electrons. The van der Waals surface area contributed by atoms with Crippen LogP contribution in [-0.2, 0) is 12.6 Å². The minimum absolute atomic E-state index is 0.526. The molecule has 0 fully saturated rings. The second kappa shape index (κ2) is 6.03. The first-order valence-electron chi connectivity index (χ1n) is 6.49. The van der Waals surface area contributed by atoms with Gasteiger partial charge in [-0.05, 0) is 37.1 Å². The van der Waals surface area contributed by atoms with E-state index in [1.807, 2.05) is 6.07 Å². The Balaban J connectivity index is 2.23. The molecule has 2 aromatic heterocycles. The van der Waals surface area contributed by atoms with Crippen molar-refractivity contribution in [3.8, 4) is 11.3 Å². The average Bonchev–Trinajstić information content (AvgIpc) is 2.45. The summed E-state index contributed by atoms with van der Waals surface area (Å²) in [5.74, 6) is 0. The van der Waals surface area contributed by atoms with Crippen LogP contribution in [-0.4, -0.2) is 9.97 Å². The van der Waals surface area contributed by atoms with Crippen LogP contribution in [0.5, 0.6) is 0 Å². The monoisotopic (exact) mass is 280 g/mol. The van der Waals surface area contributed by atoms with Crippen molar-refractivity contribution in [3.05, 3.63) is 47.9 Å². The zero-order valence-electron chi connectivity index (χ0n) is 11.1. The lowest BCUT2D eigenvalue weighted by molar-refractivity contribution is -0.137. The number of hydrogen-bond donors (Lipinski definition) is 0. The van der Waals surface area contributed by atoms with Gasteiger partial charge in [0.1, 0.15) is 0 Å². The van der Waals surface area contributed by atoms with Gasteiger partial charge in [0.25, 0.3) is 0 Å². The van der Waals surface area contributed by atoms with Gasteiger partial charge in [-0.2, -0.15) is 13.2 Å². The maximum atomic E-state index is 12.5. The molecule has 0 spiro atoms. The first kappa shape index (κ1) is 14.5. The second-order valence-electron chi connectivity index (χ2n) is 4.57. The van der Waals surface area contributed by atoms with Gasteiger partial charge < -0.3 is 0 Å². The first-order valence-corrected chi connectivity index (χ1v) is 6.49. The zero-order chi connectivity index (χ0) is 14.6. The number of halogens is 3. The van der Waals surface area contributed by atoms with Crippen LogP contribution in [0.3, 0.4) is 0 Å². The molecule has 0 radical (unpaired) electrons. The number of aromatic nitrogens is 2. The molecular formula is C15H15F3N2. The molecule has 0 aliphatic carbocycles. The molecule has 0 bridgehead atoms. The van der Waals surface area contributed by atoms with Gasteiger partial charge in [0.05, 0.1) is 11.3 Å². The van der Waals surface area contributed by atoms with E-state index in [0.717, 1.165) is 42.8 Å². The molecule has 2 nitrogen and oxygen atoms in total. The first-order chi connectivity index (χ1) is 9.50. The molecule has 0 aliphatic rings. The molecule has 0 aromatic carbocycles. The number of rotatable bonds is 4. The molecule has 2 aromatic rings. The summed E-state index contributed by atoms with van der Waals surface area (Å²) < 4.78 is 37.4. The molecule has 0 amide bonds. The summed E-state index contributed by atoms with van der Waals surface area (Å²) in [6.07, 6.45) is 1.16. The maximum absolute atomic E-state index is 12.5. The van der Waals surface area contributed by atoms with Crippen LogP contribution < -0.4 is 0 Å². The van der Waals surface area contributed by atoms with E-state index >= 15 is 0 Å². The number of alkyl halides is 3. The predicted octanol–water partition coefficient (Wildman–Crippen LogP) is 4.51. The molecule has 0 unspecified atom stereocenters. The van der Waals surface area contributed by atoms with Crippen molar-refractivity contribution >= 4 is 0 Å². The minimum Gasteiger partial charge on any atom is -0.261 e. The smallest absolute Gasteiger partial charge is 0.261 e. The van der Waals surface area contributed by atoms with Crippen molar-refractivity contribution in [2.75, 3.05) is 0 Å². The Morgan fingerprint density at radius 3 is 2.50 bits per heavy atom. The van der Waals surface area contributed by atoms with Crippen LogP contribution in [0.4, 0.5) is 13.2 Å². The molecule has 0 N–H and O–H groups in total. The van der Waals surface area contributed by atoms with Crippen molar-refractivity contribution in [2.45, 2.75) is 32.4 Å². The fraction of sp³-hybridized carbons (Fsp3) is 0.333. The van der Waals surface area contributed by atoms with Crippen molar-refractivity contribution in [2.24, 2.45) is 0 Å². The largest absolute Gasteiger partial charge is 0.417 e. The molecule has 2 rings (SSSR count). The van der Waals surface area contributed by atoms with Crippen LogP contribution in [0.2, 0.25) is 0 Å². The van der Waals surface area contributed by atoms with E-state index in [4.69, 9.17) is 0 Å². The molecule has 0 saturated heterocycles. The summed E-state index contributed by atoms with van der Waals surface area (Å²) >= 11 is 0. The highest BCUT2D eigenvalue weighted by Crippen LogP contribution is 2.29. The summed E-state index contributed by atoms with van der Waals surface area (Å²) in [4.78, 5) is 8.14. The highest BCUT2D eigenvalue weighted by atomic mass is 19.4. The SMILES string of the molecule is CCCCc1cc(-c2ccc(C(F)(F)F)cn2)ccn1.